The molecule has 0 spiro atoms. The van der Waals surface area contributed by atoms with Crippen LogP contribution >= 0.6 is 0 Å². The lowest BCUT2D eigenvalue weighted by atomic mass is 9.94. The Labute approximate surface area is 166 Å². The molecular weight excluding hydrogens is 352 g/mol. The second kappa shape index (κ2) is 7.40. The largest absolute Gasteiger partial charge is 0.497 e. The summed E-state index contributed by atoms with van der Waals surface area (Å²) in [5.74, 6) is 2.68. The molecule has 1 fully saturated rings. The Kier molecular flexibility index (Phi) is 4.94. The van der Waals surface area contributed by atoms with Gasteiger partial charge in [0.1, 0.15) is 17.3 Å². The van der Waals surface area contributed by atoms with Crippen LogP contribution in [0.3, 0.4) is 0 Å². The van der Waals surface area contributed by atoms with E-state index in [4.69, 9.17) is 9.47 Å². The first-order valence-electron chi connectivity index (χ1n) is 9.96. The molecule has 2 aromatic carbocycles. The van der Waals surface area contributed by atoms with Gasteiger partial charge in [-0.05, 0) is 69.2 Å². The van der Waals surface area contributed by atoms with Gasteiger partial charge >= 0.3 is 0 Å². The monoisotopic (exact) mass is 380 g/mol. The zero-order valence-corrected chi connectivity index (χ0v) is 16.8. The van der Waals surface area contributed by atoms with Crippen molar-refractivity contribution in [3.8, 4) is 11.5 Å². The highest BCUT2D eigenvalue weighted by atomic mass is 16.5. The average Bonchev–Trinajstić information content (AvgIpc) is 2.97. The van der Waals surface area contributed by atoms with Gasteiger partial charge in [-0.1, -0.05) is 12.1 Å². The highest BCUT2D eigenvalue weighted by Gasteiger charge is 2.54. The fourth-order valence-corrected chi connectivity index (χ4v) is 4.31. The number of allylic oxidation sites excluding steroid dienone is 1. The molecule has 4 rings (SSSR count). The third kappa shape index (κ3) is 2.90. The Morgan fingerprint density at radius 3 is 2.39 bits per heavy atom. The zero-order valence-electron chi connectivity index (χ0n) is 16.8. The fourth-order valence-electron chi connectivity index (χ4n) is 4.31. The van der Waals surface area contributed by atoms with E-state index < -0.39 is 5.72 Å². The molecule has 0 radical (unpaired) electrons. The van der Waals surface area contributed by atoms with E-state index in [0.29, 0.717) is 6.61 Å². The van der Waals surface area contributed by atoms with Crippen molar-refractivity contribution >= 4 is 5.69 Å². The topological polar surface area (TPSA) is 45.2 Å². The summed E-state index contributed by atoms with van der Waals surface area (Å²) < 4.78 is 10.9. The van der Waals surface area contributed by atoms with Crippen molar-refractivity contribution in [2.45, 2.75) is 38.5 Å². The SMILES string of the molecule is CCOc1ccc([C@@]2(O)[C@@H](C)N3CCCC=C3N2c2ccc(OC)cc2)cc1. The number of rotatable bonds is 5. The highest BCUT2D eigenvalue weighted by Crippen LogP contribution is 2.48. The Morgan fingerprint density at radius 2 is 1.75 bits per heavy atom. The van der Waals surface area contributed by atoms with Crippen molar-refractivity contribution in [2.24, 2.45) is 0 Å². The van der Waals surface area contributed by atoms with Gasteiger partial charge in [0.2, 0.25) is 0 Å². The summed E-state index contributed by atoms with van der Waals surface area (Å²) >= 11 is 0. The van der Waals surface area contributed by atoms with Crippen LogP contribution in [0.25, 0.3) is 0 Å². The minimum absolute atomic E-state index is 0.0842. The Balaban J connectivity index is 1.81. The number of ether oxygens (including phenoxy) is 2. The van der Waals surface area contributed by atoms with Crippen LogP contribution in [0.15, 0.2) is 60.4 Å². The van der Waals surface area contributed by atoms with Crippen LogP contribution in [0.1, 0.15) is 32.3 Å². The van der Waals surface area contributed by atoms with Gasteiger partial charge in [0.15, 0.2) is 5.72 Å². The maximum atomic E-state index is 12.1. The summed E-state index contributed by atoms with van der Waals surface area (Å²) in [7, 11) is 1.66. The molecule has 0 amide bonds. The molecule has 1 saturated heterocycles. The second-order valence-corrected chi connectivity index (χ2v) is 7.29. The van der Waals surface area contributed by atoms with Crippen molar-refractivity contribution in [1.29, 1.82) is 0 Å². The summed E-state index contributed by atoms with van der Waals surface area (Å²) in [6, 6.07) is 15.6. The van der Waals surface area contributed by atoms with E-state index in [1.54, 1.807) is 7.11 Å². The first-order valence-corrected chi connectivity index (χ1v) is 9.96. The number of anilines is 1. The second-order valence-electron chi connectivity index (χ2n) is 7.29. The van der Waals surface area contributed by atoms with Gasteiger partial charge in [0.05, 0.1) is 19.8 Å². The summed E-state index contributed by atoms with van der Waals surface area (Å²) in [5, 5.41) is 12.1. The maximum Gasteiger partial charge on any atom is 0.190 e. The molecule has 5 nitrogen and oxygen atoms in total. The standard InChI is InChI=1S/C23H28N2O3/c1-4-28-21-12-8-18(9-13-21)23(26)17(2)24-16-6-5-7-22(24)25(23)19-10-14-20(27-3)15-11-19/h7-15,17,26H,4-6,16H2,1-3H3/t17-,23+/m1/s1. The minimum Gasteiger partial charge on any atom is -0.497 e. The van der Waals surface area contributed by atoms with Gasteiger partial charge < -0.3 is 19.5 Å². The van der Waals surface area contributed by atoms with Crippen LogP contribution in [0, 0.1) is 0 Å². The normalized spacial score (nSPS) is 24.0. The number of hydrogen-bond acceptors (Lipinski definition) is 5. The molecule has 0 unspecified atom stereocenters. The Morgan fingerprint density at radius 1 is 1.07 bits per heavy atom. The molecule has 2 aliphatic rings. The van der Waals surface area contributed by atoms with Gasteiger partial charge in [-0.3, -0.25) is 4.90 Å². The van der Waals surface area contributed by atoms with Crippen LogP contribution in [0.4, 0.5) is 5.69 Å². The molecule has 5 heteroatoms. The average molecular weight is 380 g/mol. The highest BCUT2D eigenvalue weighted by molar-refractivity contribution is 5.60. The lowest BCUT2D eigenvalue weighted by Gasteiger charge is -2.37. The number of fused-ring (bicyclic) bond motifs is 1. The summed E-state index contributed by atoms with van der Waals surface area (Å²) in [6.45, 7) is 5.63. The molecule has 1 N–H and O–H groups in total. The van der Waals surface area contributed by atoms with E-state index in [9.17, 15) is 5.11 Å². The van der Waals surface area contributed by atoms with Crippen LogP contribution in [-0.4, -0.2) is 36.3 Å². The molecule has 0 bridgehead atoms. The molecule has 148 valence electrons. The third-order valence-corrected chi connectivity index (χ3v) is 5.77. The number of benzene rings is 2. The van der Waals surface area contributed by atoms with Gasteiger partial charge in [0, 0.05) is 17.8 Å². The van der Waals surface area contributed by atoms with Gasteiger partial charge in [-0.25, -0.2) is 0 Å². The van der Waals surface area contributed by atoms with Gasteiger partial charge in [-0.2, -0.15) is 0 Å². The first kappa shape index (κ1) is 18.7. The Hall–Kier alpha value is -2.66. The van der Waals surface area contributed by atoms with Gasteiger partial charge in [0.25, 0.3) is 0 Å². The number of hydrogen-bond donors (Lipinski definition) is 1. The summed E-state index contributed by atoms with van der Waals surface area (Å²) in [4.78, 5) is 4.37. The van der Waals surface area contributed by atoms with E-state index in [2.05, 4.69) is 22.8 Å². The number of aliphatic hydroxyl groups is 1. The molecule has 28 heavy (non-hydrogen) atoms. The zero-order chi connectivity index (χ0) is 19.7. The molecular formula is C23H28N2O3. The minimum atomic E-state index is -1.17. The van der Waals surface area contributed by atoms with Crippen molar-refractivity contribution in [1.82, 2.24) is 4.90 Å². The predicted octanol–water partition coefficient (Wildman–Crippen LogP) is 4.08. The van der Waals surface area contributed by atoms with E-state index in [1.807, 2.05) is 55.5 Å². The van der Waals surface area contributed by atoms with E-state index in [-0.39, 0.29) is 6.04 Å². The molecule has 0 saturated carbocycles. The smallest absolute Gasteiger partial charge is 0.190 e. The van der Waals surface area contributed by atoms with Crippen LogP contribution in [-0.2, 0) is 5.72 Å². The van der Waals surface area contributed by atoms with Crippen LogP contribution in [0.5, 0.6) is 11.5 Å². The number of nitrogens with zero attached hydrogens (tertiary/aromatic N) is 2. The summed E-state index contributed by atoms with van der Waals surface area (Å²) in [6.07, 6.45) is 4.35. The predicted molar refractivity (Wildman–Crippen MR) is 110 cm³/mol. The van der Waals surface area contributed by atoms with Crippen molar-refractivity contribution < 1.29 is 14.6 Å². The quantitative estimate of drug-likeness (QED) is 0.847. The van der Waals surface area contributed by atoms with Gasteiger partial charge in [-0.15, -0.1) is 0 Å². The molecule has 0 aromatic heterocycles. The molecule has 2 heterocycles. The van der Waals surface area contributed by atoms with E-state index in [1.165, 1.54) is 0 Å². The van der Waals surface area contributed by atoms with Crippen molar-refractivity contribution in [3.05, 3.63) is 66.0 Å². The third-order valence-electron chi connectivity index (χ3n) is 5.77. The molecule has 2 aromatic rings. The number of methoxy groups -OCH3 is 1. The molecule has 2 atom stereocenters. The molecule has 2 aliphatic heterocycles. The maximum absolute atomic E-state index is 12.1. The van der Waals surface area contributed by atoms with Crippen LogP contribution < -0.4 is 14.4 Å². The summed E-state index contributed by atoms with van der Waals surface area (Å²) in [5.41, 5.74) is 0.629. The van der Waals surface area contributed by atoms with E-state index >= 15 is 0 Å². The van der Waals surface area contributed by atoms with Crippen LogP contribution in [0.2, 0.25) is 0 Å². The lowest BCUT2D eigenvalue weighted by molar-refractivity contribution is 0.00780. The lowest BCUT2D eigenvalue weighted by Crippen LogP contribution is -2.47. The Bertz CT molecular complexity index is 847. The first-order chi connectivity index (χ1) is 13.6. The van der Waals surface area contributed by atoms with Crippen molar-refractivity contribution in [2.75, 3.05) is 25.2 Å². The van der Waals surface area contributed by atoms with Crippen molar-refractivity contribution in [3.63, 3.8) is 0 Å². The fraction of sp³-hybridized carbons (Fsp3) is 0.391. The molecule has 0 aliphatic carbocycles. The van der Waals surface area contributed by atoms with E-state index in [0.717, 1.165) is 48.0 Å².